The van der Waals surface area contributed by atoms with E-state index in [-0.39, 0.29) is 4.90 Å². The van der Waals surface area contributed by atoms with E-state index in [9.17, 15) is 8.78 Å². The number of hydrogen-bond acceptors (Lipinski definition) is 5. The highest BCUT2D eigenvalue weighted by atomic mass is 32.2. The van der Waals surface area contributed by atoms with Crippen LogP contribution in [0.1, 0.15) is 5.01 Å². The molecule has 0 fully saturated rings. The number of nitrogens with zero attached hydrogens (tertiary/aromatic N) is 2. The zero-order valence-electron chi connectivity index (χ0n) is 7.98. The van der Waals surface area contributed by atoms with Gasteiger partial charge in [0, 0.05) is 4.90 Å². The molecule has 3 nitrogen and oxygen atoms in total. The maximum atomic E-state index is 13.2. The van der Waals surface area contributed by atoms with Crippen LogP contribution in [0.25, 0.3) is 0 Å². The number of anilines is 1. The van der Waals surface area contributed by atoms with Crippen LogP contribution >= 0.6 is 23.1 Å². The molecular formula is C9H7F2N3S2. The van der Waals surface area contributed by atoms with Gasteiger partial charge in [0.15, 0.2) is 0 Å². The molecule has 0 radical (unpaired) electrons. The van der Waals surface area contributed by atoms with Crippen LogP contribution in [0.2, 0.25) is 0 Å². The average molecular weight is 259 g/mol. The lowest BCUT2D eigenvalue weighted by Gasteiger charge is -2.00. The largest absolute Gasteiger partial charge is 0.374 e. The summed E-state index contributed by atoms with van der Waals surface area (Å²) in [5.41, 5.74) is 5.40. The molecule has 16 heavy (non-hydrogen) atoms. The normalized spacial score (nSPS) is 10.6. The van der Waals surface area contributed by atoms with Crippen molar-refractivity contribution in [3.8, 4) is 0 Å². The van der Waals surface area contributed by atoms with Gasteiger partial charge in [-0.2, -0.15) is 0 Å². The Kier molecular flexibility index (Phi) is 3.35. The lowest BCUT2D eigenvalue weighted by molar-refractivity contribution is 0.577. The van der Waals surface area contributed by atoms with Gasteiger partial charge in [-0.3, -0.25) is 0 Å². The summed E-state index contributed by atoms with van der Waals surface area (Å²) in [7, 11) is 0. The second kappa shape index (κ2) is 4.75. The molecule has 1 aromatic carbocycles. The highest BCUT2D eigenvalue weighted by molar-refractivity contribution is 7.98. The fraction of sp³-hybridized carbons (Fsp3) is 0.111. The summed E-state index contributed by atoms with van der Waals surface area (Å²) < 4.78 is 26.1. The van der Waals surface area contributed by atoms with E-state index in [4.69, 9.17) is 5.73 Å². The van der Waals surface area contributed by atoms with Gasteiger partial charge in [0.05, 0.1) is 5.75 Å². The minimum atomic E-state index is -0.458. The molecule has 84 valence electrons. The van der Waals surface area contributed by atoms with E-state index in [1.165, 1.54) is 11.3 Å². The third-order valence-electron chi connectivity index (χ3n) is 1.73. The van der Waals surface area contributed by atoms with E-state index in [1.807, 2.05) is 0 Å². The Morgan fingerprint density at radius 3 is 2.81 bits per heavy atom. The number of nitrogens with two attached hydrogens (primary N) is 1. The highest BCUT2D eigenvalue weighted by Gasteiger charge is 2.07. The zero-order valence-corrected chi connectivity index (χ0v) is 9.62. The highest BCUT2D eigenvalue weighted by Crippen LogP contribution is 2.27. The molecule has 2 aromatic rings. The Labute approximate surface area is 98.7 Å². The number of benzene rings is 1. The van der Waals surface area contributed by atoms with Crippen LogP contribution in [0.4, 0.5) is 13.9 Å². The van der Waals surface area contributed by atoms with Crippen LogP contribution in [0, 0.1) is 11.6 Å². The second-order valence-corrected chi connectivity index (χ2v) is 5.01. The summed E-state index contributed by atoms with van der Waals surface area (Å²) in [6, 6.07) is 3.35. The van der Waals surface area contributed by atoms with Crippen LogP contribution in [-0.2, 0) is 5.75 Å². The Morgan fingerprint density at radius 1 is 1.31 bits per heavy atom. The number of hydrogen-bond donors (Lipinski definition) is 1. The van der Waals surface area contributed by atoms with Crippen molar-refractivity contribution in [1.82, 2.24) is 10.2 Å². The number of halogens is 2. The number of rotatable bonds is 3. The molecule has 0 amide bonds. The van der Waals surface area contributed by atoms with Crippen molar-refractivity contribution in [3.63, 3.8) is 0 Å². The first-order valence-electron chi connectivity index (χ1n) is 4.31. The Bertz CT molecular complexity index is 501. The van der Waals surface area contributed by atoms with Crippen LogP contribution in [0.3, 0.4) is 0 Å². The molecule has 0 atom stereocenters. The quantitative estimate of drug-likeness (QED) is 0.861. The zero-order chi connectivity index (χ0) is 11.5. The third kappa shape index (κ3) is 2.67. The van der Waals surface area contributed by atoms with E-state index in [1.54, 1.807) is 0 Å². The van der Waals surface area contributed by atoms with Crippen LogP contribution in [0.15, 0.2) is 23.1 Å². The van der Waals surface area contributed by atoms with E-state index >= 15 is 0 Å². The summed E-state index contributed by atoms with van der Waals surface area (Å²) in [6.07, 6.45) is 0. The van der Waals surface area contributed by atoms with Gasteiger partial charge in [-0.05, 0) is 18.2 Å². The molecule has 7 heteroatoms. The Hall–Kier alpha value is -1.21. The average Bonchev–Trinajstić information content (AvgIpc) is 2.66. The third-order valence-corrected chi connectivity index (χ3v) is 3.70. The van der Waals surface area contributed by atoms with Gasteiger partial charge in [-0.1, -0.05) is 11.3 Å². The van der Waals surface area contributed by atoms with E-state index in [0.29, 0.717) is 15.9 Å². The fourth-order valence-electron chi connectivity index (χ4n) is 1.05. The van der Waals surface area contributed by atoms with Crippen LogP contribution < -0.4 is 5.73 Å². The van der Waals surface area contributed by atoms with Crippen molar-refractivity contribution in [1.29, 1.82) is 0 Å². The summed E-state index contributed by atoms with van der Waals surface area (Å²) in [5, 5.41) is 8.48. The molecule has 2 N–H and O–H groups in total. The van der Waals surface area contributed by atoms with Gasteiger partial charge in [0.1, 0.15) is 16.6 Å². The molecule has 0 aliphatic rings. The molecule has 1 aromatic heterocycles. The lowest BCUT2D eigenvalue weighted by atomic mass is 10.3. The number of thioether (sulfide) groups is 1. The minimum absolute atomic E-state index is 0.258. The van der Waals surface area contributed by atoms with Crippen molar-refractivity contribution in [2.24, 2.45) is 0 Å². The van der Waals surface area contributed by atoms with E-state index < -0.39 is 11.6 Å². The lowest BCUT2D eigenvalue weighted by Crippen LogP contribution is -1.85. The van der Waals surface area contributed by atoms with Crippen molar-refractivity contribution in [3.05, 3.63) is 34.8 Å². The van der Waals surface area contributed by atoms with Crippen molar-refractivity contribution >= 4 is 28.2 Å². The monoisotopic (exact) mass is 259 g/mol. The molecule has 0 aliphatic carbocycles. The van der Waals surface area contributed by atoms with Gasteiger partial charge in [0.2, 0.25) is 5.13 Å². The second-order valence-electron chi connectivity index (χ2n) is 2.90. The van der Waals surface area contributed by atoms with Gasteiger partial charge in [-0.25, -0.2) is 8.78 Å². The topological polar surface area (TPSA) is 51.8 Å². The Morgan fingerprint density at radius 2 is 2.12 bits per heavy atom. The van der Waals surface area contributed by atoms with Crippen LogP contribution in [-0.4, -0.2) is 10.2 Å². The van der Waals surface area contributed by atoms with Crippen LogP contribution in [0.5, 0.6) is 0 Å². The van der Waals surface area contributed by atoms with Crippen molar-refractivity contribution < 1.29 is 8.78 Å². The fourth-order valence-corrected chi connectivity index (χ4v) is 2.61. The van der Waals surface area contributed by atoms with Crippen molar-refractivity contribution in [2.45, 2.75) is 10.6 Å². The molecule has 0 saturated carbocycles. The first kappa shape index (κ1) is 11.3. The maximum Gasteiger partial charge on any atom is 0.203 e. The molecule has 0 aliphatic heterocycles. The first-order chi connectivity index (χ1) is 7.65. The smallest absolute Gasteiger partial charge is 0.203 e. The summed E-state index contributed by atoms with van der Waals surface area (Å²) in [6.45, 7) is 0. The summed E-state index contributed by atoms with van der Waals surface area (Å²) >= 11 is 2.40. The molecule has 0 saturated heterocycles. The SMILES string of the molecule is Nc1nnc(CSc2cc(F)ccc2F)s1. The van der Waals surface area contributed by atoms with E-state index in [0.717, 1.165) is 30.0 Å². The molecule has 1 heterocycles. The molecule has 2 rings (SSSR count). The minimum Gasteiger partial charge on any atom is -0.374 e. The molecule has 0 unspecified atom stereocenters. The van der Waals surface area contributed by atoms with Gasteiger partial charge >= 0.3 is 0 Å². The molecule has 0 bridgehead atoms. The summed E-state index contributed by atoms with van der Waals surface area (Å²) in [5.74, 6) is -0.473. The molecule has 0 spiro atoms. The molecular weight excluding hydrogens is 252 g/mol. The first-order valence-corrected chi connectivity index (χ1v) is 6.11. The standard InChI is InChI=1S/C9H7F2N3S2/c10-5-1-2-6(11)7(3-5)15-4-8-13-14-9(12)16-8/h1-3H,4H2,(H2,12,14). The maximum absolute atomic E-state index is 13.2. The summed E-state index contributed by atoms with van der Waals surface area (Å²) in [4.78, 5) is 0.258. The van der Waals surface area contributed by atoms with Gasteiger partial charge in [-0.15, -0.1) is 22.0 Å². The number of aromatic nitrogens is 2. The van der Waals surface area contributed by atoms with Gasteiger partial charge in [0.25, 0.3) is 0 Å². The number of nitrogen functional groups attached to an aromatic ring is 1. The van der Waals surface area contributed by atoms with E-state index in [2.05, 4.69) is 10.2 Å². The Balaban J connectivity index is 2.07. The predicted octanol–water partition coefficient (Wildman–Crippen LogP) is 2.69. The predicted molar refractivity (Wildman–Crippen MR) is 60.2 cm³/mol. The van der Waals surface area contributed by atoms with Gasteiger partial charge < -0.3 is 5.73 Å². The van der Waals surface area contributed by atoms with Crippen molar-refractivity contribution in [2.75, 3.05) is 5.73 Å².